The molecular weight excluding hydrogens is 305 g/mol. The minimum absolute atomic E-state index is 0.115. The highest BCUT2D eigenvalue weighted by molar-refractivity contribution is 5.94. The van der Waals surface area contributed by atoms with E-state index in [9.17, 15) is 9.18 Å². The second kappa shape index (κ2) is 8.80. The van der Waals surface area contributed by atoms with Crippen LogP contribution in [0.25, 0.3) is 0 Å². The molecule has 0 aliphatic carbocycles. The summed E-state index contributed by atoms with van der Waals surface area (Å²) < 4.78 is 13.1. The second-order valence-corrected chi connectivity index (χ2v) is 5.59. The maximum Gasteiger partial charge on any atom is 0.241 e. The van der Waals surface area contributed by atoms with Crippen LogP contribution in [0.5, 0.6) is 0 Å². The summed E-state index contributed by atoms with van der Waals surface area (Å²) in [4.78, 5) is 16.1. The number of rotatable bonds is 7. The van der Waals surface area contributed by atoms with Crippen molar-refractivity contribution in [2.24, 2.45) is 0 Å². The second-order valence-electron chi connectivity index (χ2n) is 5.59. The molecule has 0 aliphatic rings. The molecule has 24 heavy (non-hydrogen) atoms. The van der Waals surface area contributed by atoms with Crippen molar-refractivity contribution >= 4 is 11.6 Å². The third-order valence-corrected chi connectivity index (χ3v) is 3.59. The Hall–Kier alpha value is -2.71. The fourth-order valence-electron chi connectivity index (χ4n) is 2.45. The van der Waals surface area contributed by atoms with E-state index in [0.717, 1.165) is 5.56 Å². The zero-order valence-electron chi connectivity index (χ0n) is 13.7. The van der Waals surface area contributed by atoms with Gasteiger partial charge in [-0.15, -0.1) is 0 Å². The Morgan fingerprint density at radius 1 is 1.12 bits per heavy atom. The summed E-state index contributed by atoms with van der Waals surface area (Å²) in [6.07, 6.45) is 0.228. The molecule has 0 heterocycles. The van der Waals surface area contributed by atoms with Gasteiger partial charge in [-0.1, -0.05) is 30.3 Å². The Morgan fingerprint density at radius 2 is 1.79 bits per heavy atom. The molecule has 0 saturated carbocycles. The minimum atomic E-state index is -0.354. The molecule has 0 aromatic heterocycles. The SMILES string of the molecule is CN(CC(=O)N(CCC#N)c1ccc(F)cc1)Cc1ccccc1. The molecule has 0 radical (unpaired) electrons. The van der Waals surface area contributed by atoms with Crippen LogP contribution in [-0.2, 0) is 11.3 Å². The summed E-state index contributed by atoms with van der Waals surface area (Å²) in [5.74, 6) is -0.470. The van der Waals surface area contributed by atoms with E-state index in [-0.39, 0.29) is 24.7 Å². The van der Waals surface area contributed by atoms with Crippen LogP contribution >= 0.6 is 0 Å². The van der Waals surface area contributed by atoms with Gasteiger partial charge in [-0.05, 0) is 36.9 Å². The molecule has 0 N–H and O–H groups in total. The molecule has 0 saturated heterocycles. The van der Waals surface area contributed by atoms with Crippen LogP contribution in [0.15, 0.2) is 54.6 Å². The number of benzene rings is 2. The lowest BCUT2D eigenvalue weighted by atomic mass is 10.2. The van der Waals surface area contributed by atoms with Gasteiger partial charge in [-0.3, -0.25) is 9.69 Å². The van der Waals surface area contributed by atoms with Gasteiger partial charge < -0.3 is 4.90 Å². The third kappa shape index (κ3) is 5.18. The molecular formula is C19H20FN3O. The largest absolute Gasteiger partial charge is 0.310 e. The van der Waals surface area contributed by atoms with Crippen molar-refractivity contribution in [3.8, 4) is 6.07 Å². The van der Waals surface area contributed by atoms with Crippen molar-refractivity contribution in [2.45, 2.75) is 13.0 Å². The quantitative estimate of drug-likeness (QED) is 0.785. The van der Waals surface area contributed by atoms with Crippen LogP contribution < -0.4 is 4.90 Å². The molecule has 0 unspecified atom stereocenters. The van der Waals surface area contributed by atoms with Crippen LogP contribution in [0, 0.1) is 17.1 Å². The molecule has 2 aromatic rings. The molecule has 0 bridgehead atoms. The fraction of sp³-hybridized carbons (Fsp3) is 0.263. The van der Waals surface area contributed by atoms with Crippen LogP contribution in [0.4, 0.5) is 10.1 Å². The monoisotopic (exact) mass is 325 g/mol. The van der Waals surface area contributed by atoms with E-state index in [0.29, 0.717) is 18.8 Å². The molecule has 0 fully saturated rings. The zero-order chi connectivity index (χ0) is 17.4. The lowest BCUT2D eigenvalue weighted by molar-refractivity contribution is -0.119. The van der Waals surface area contributed by atoms with Crippen LogP contribution in [0.3, 0.4) is 0 Å². The minimum Gasteiger partial charge on any atom is -0.310 e. The number of carbonyl (C=O) groups excluding carboxylic acids is 1. The van der Waals surface area contributed by atoms with Gasteiger partial charge in [-0.25, -0.2) is 4.39 Å². The Bertz CT molecular complexity index is 695. The topological polar surface area (TPSA) is 47.3 Å². The molecule has 1 amide bonds. The van der Waals surface area contributed by atoms with E-state index < -0.39 is 0 Å². The molecule has 124 valence electrons. The summed E-state index contributed by atoms with van der Waals surface area (Å²) in [5, 5.41) is 8.81. The van der Waals surface area contributed by atoms with Crippen molar-refractivity contribution in [3.05, 3.63) is 66.0 Å². The maximum atomic E-state index is 13.1. The Labute approximate surface area is 141 Å². The van der Waals surface area contributed by atoms with Gasteiger partial charge in [0.15, 0.2) is 0 Å². The van der Waals surface area contributed by atoms with Gasteiger partial charge in [0.1, 0.15) is 5.82 Å². The predicted octanol–water partition coefficient (Wildman–Crippen LogP) is 3.20. The van der Waals surface area contributed by atoms with Crippen molar-refractivity contribution in [1.29, 1.82) is 5.26 Å². The summed E-state index contributed by atoms with van der Waals surface area (Å²) in [5.41, 5.74) is 1.72. The first-order valence-electron chi connectivity index (χ1n) is 7.75. The molecule has 0 aliphatic heterocycles. The van der Waals surface area contributed by atoms with Crippen LogP contribution in [0.2, 0.25) is 0 Å². The first-order valence-corrected chi connectivity index (χ1v) is 7.75. The number of anilines is 1. The van der Waals surface area contributed by atoms with Gasteiger partial charge >= 0.3 is 0 Å². The molecule has 0 atom stereocenters. The number of hydrogen-bond donors (Lipinski definition) is 0. The average Bonchev–Trinajstić information content (AvgIpc) is 2.57. The highest BCUT2D eigenvalue weighted by Crippen LogP contribution is 2.16. The average molecular weight is 325 g/mol. The lowest BCUT2D eigenvalue weighted by Gasteiger charge is -2.25. The Balaban J connectivity index is 2.04. The van der Waals surface area contributed by atoms with E-state index in [1.807, 2.05) is 48.3 Å². The number of likely N-dealkylation sites (N-methyl/N-ethyl adjacent to an activating group) is 1. The number of carbonyl (C=O) groups is 1. The van der Waals surface area contributed by atoms with Crippen molar-refractivity contribution in [1.82, 2.24) is 4.90 Å². The standard InChI is InChI=1S/C19H20FN3O/c1-22(14-16-6-3-2-4-7-16)15-19(24)23(13-5-12-21)18-10-8-17(20)9-11-18/h2-4,6-11H,5,13-15H2,1H3. The fourth-order valence-corrected chi connectivity index (χ4v) is 2.45. The number of nitrogens with zero attached hydrogens (tertiary/aromatic N) is 3. The van der Waals surface area contributed by atoms with Crippen LogP contribution in [-0.4, -0.2) is 30.9 Å². The van der Waals surface area contributed by atoms with Gasteiger partial charge in [0.2, 0.25) is 5.91 Å². The zero-order valence-corrected chi connectivity index (χ0v) is 13.7. The van der Waals surface area contributed by atoms with E-state index in [1.165, 1.54) is 17.0 Å². The van der Waals surface area contributed by atoms with E-state index in [4.69, 9.17) is 5.26 Å². The smallest absolute Gasteiger partial charge is 0.241 e. The van der Waals surface area contributed by atoms with Crippen molar-refractivity contribution < 1.29 is 9.18 Å². The van der Waals surface area contributed by atoms with Gasteiger partial charge in [0, 0.05) is 18.8 Å². The number of amides is 1. The van der Waals surface area contributed by atoms with Crippen molar-refractivity contribution in [3.63, 3.8) is 0 Å². The van der Waals surface area contributed by atoms with Gasteiger partial charge in [0.25, 0.3) is 0 Å². The summed E-state index contributed by atoms with van der Waals surface area (Å²) >= 11 is 0. The van der Waals surface area contributed by atoms with Crippen molar-refractivity contribution in [2.75, 3.05) is 25.0 Å². The van der Waals surface area contributed by atoms with E-state index in [2.05, 4.69) is 0 Å². The lowest BCUT2D eigenvalue weighted by Crippen LogP contribution is -2.39. The molecule has 5 heteroatoms. The predicted molar refractivity (Wildman–Crippen MR) is 91.8 cm³/mol. The maximum absolute atomic E-state index is 13.1. The number of halogens is 1. The van der Waals surface area contributed by atoms with E-state index in [1.54, 1.807) is 12.1 Å². The molecule has 4 nitrogen and oxygen atoms in total. The molecule has 2 aromatic carbocycles. The molecule has 0 spiro atoms. The summed E-state index contributed by atoms with van der Waals surface area (Å²) in [6.45, 7) is 1.17. The van der Waals surface area contributed by atoms with Crippen LogP contribution in [0.1, 0.15) is 12.0 Å². The van der Waals surface area contributed by atoms with Gasteiger partial charge in [-0.2, -0.15) is 5.26 Å². The first-order chi connectivity index (χ1) is 11.6. The Kier molecular flexibility index (Phi) is 6.47. The third-order valence-electron chi connectivity index (χ3n) is 3.59. The van der Waals surface area contributed by atoms with E-state index >= 15 is 0 Å². The number of hydrogen-bond acceptors (Lipinski definition) is 3. The number of nitriles is 1. The van der Waals surface area contributed by atoms with Gasteiger partial charge in [0.05, 0.1) is 19.0 Å². The highest BCUT2D eigenvalue weighted by atomic mass is 19.1. The highest BCUT2D eigenvalue weighted by Gasteiger charge is 2.17. The normalized spacial score (nSPS) is 10.4. The molecule has 2 rings (SSSR count). The summed E-state index contributed by atoms with van der Waals surface area (Å²) in [7, 11) is 1.87. The first kappa shape index (κ1) is 17.6. The Morgan fingerprint density at radius 3 is 2.42 bits per heavy atom. The summed E-state index contributed by atoms with van der Waals surface area (Å²) in [6, 6.07) is 17.7.